The lowest BCUT2D eigenvalue weighted by Gasteiger charge is -2.16. The van der Waals surface area contributed by atoms with Gasteiger partial charge in [0.2, 0.25) is 0 Å². The summed E-state index contributed by atoms with van der Waals surface area (Å²) in [4.78, 5) is 8.54. The van der Waals surface area contributed by atoms with Gasteiger partial charge in [-0.25, -0.2) is 10.5 Å². The molecule has 0 aliphatic carbocycles. The van der Waals surface area contributed by atoms with Crippen LogP contribution in [0.25, 0.3) is 0 Å². The van der Waals surface area contributed by atoms with Gasteiger partial charge < -0.3 is 10.4 Å². The summed E-state index contributed by atoms with van der Waals surface area (Å²) in [7, 11) is 2.48. The molecule has 0 saturated heterocycles. The molecular formula is C3H10N2O4. The van der Waals surface area contributed by atoms with Gasteiger partial charge in [-0.3, -0.25) is 0 Å². The third-order valence-corrected chi connectivity index (χ3v) is 0.524. The van der Waals surface area contributed by atoms with Crippen LogP contribution in [0, 0.1) is 10.4 Å². The minimum Gasteiger partial charge on any atom is -0.600 e. The van der Waals surface area contributed by atoms with Gasteiger partial charge in [0.25, 0.3) is 6.79 Å². The molecule has 0 aromatic carbocycles. The molecule has 0 bridgehead atoms. The highest BCUT2D eigenvalue weighted by atomic mass is 17.0. The molecule has 6 heteroatoms. The predicted molar refractivity (Wildman–Crippen MR) is 27.5 cm³/mol. The van der Waals surface area contributed by atoms with Gasteiger partial charge in [0, 0.05) is 0 Å². The lowest BCUT2D eigenvalue weighted by Crippen LogP contribution is -3.06. The molecular weight excluding hydrogens is 128 g/mol. The smallest absolute Gasteiger partial charge is 0.262 e. The third-order valence-electron chi connectivity index (χ3n) is 0.524. The second-order valence-electron chi connectivity index (χ2n) is 1.39. The molecule has 2 unspecified atom stereocenters. The quantitative estimate of drug-likeness (QED) is 0.317. The van der Waals surface area contributed by atoms with Crippen LogP contribution in [-0.4, -0.2) is 20.9 Å². The van der Waals surface area contributed by atoms with Crippen molar-refractivity contribution in [1.29, 1.82) is 0 Å². The van der Waals surface area contributed by atoms with Crippen LogP contribution in [0.1, 0.15) is 0 Å². The summed E-state index contributed by atoms with van der Waals surface area (Å²) in [6.45, 7) is -0.287. The zero-order valence-electron chi connectivity index (χ0n) is 5.34. The molecule has 0 aromatic rings. The van der Waals surface area contributed by atoms with Crippen LogP contribution in [0.2, 0.25) is 0 Å². The Kier molecular flexibility index (Phi) is 4.50. The van der Waals surface area contributed by atoms with Crippen LogP contribution in [-0.2, 0) is 9.68 Å². The first-order chi connectivity index (χ1) is 4.13. The van der Waals surface area contributed by atoms with Crippen molar-refractivity contribution in [3.63, 3.8) is 0 Å². The summed E-state index contributed by atoms with van der Waals surface area (Å²) in [6, 6.07) is 0. The molecule has 0 spiro atoms. The van der Waals surface area contributed by atoms with Crippen molar-refractivity contribution in [2.24, 2.45) is 0 Å². The van der Waals surface area contributed by atoms with Gasteiger partial charge in [0.05, 0.1) is 14.1 Å². The second-order valence-corrected chi connectivity index (χ2v) is 1.39. The van der Waals surface area contributed by atoms with E-state index >= 15 is 0 Å². The minimum absolute atomic E-state index is 0.287. The first kappa shape index (κ1) is 8.76. The second kappa shape index (κ2) is 4.62. The van der Waals surface area contributed by atoms with Crippen molar-refractivity contribution >= 4 is 0 Å². The van der Waals surface area contributed by atoms with Gasteiger partial charge >= 0.3 is 0 Å². The molecule has 0 aliphatic rings. The number of nitrogens with one attached hydrogen (secondary N) is 2. The van der Waals surface area contributed by atoms with E-state index < -0.39 is 10.5 Å². The maximum Gasteiger partial charge on any atom is 0.262 e. The monoisotopic (exact) mass is 138 g/mol. The molecule has 2 N–H and O–H groups in total. The molecule has 9 heavy (non-hydrogen) atoms. The Hall–Kier alpha value is -0.240. The average molecular weight is 138 g/mol. The molecule has 0 fully saturated rings. The summed E-state index contributed by atoms with van der Waals surface area (Å²) in [5.74, 6) is 0. The average Bonchev–Trinajstić information content (AvgIpc) is 1.63. The lowest BCUT2D eigenvalue weighted by molar-refractivity contribution is -1.09. The summed E-state index contributed by atoms with van der Waals surface area (Å²) >= 11 is 0. The van der Waals surface area contributed by atoms with Crippen LogP contribution >= 0.6 is 0 Å². The molecule has 0 rings (SSSR count). The van der Waals surface area contributed by atoms with Crippen molar-refractivity contribution < 1.29 is 20.1 Å². The lowest BCUT2D eigenvalue weighted by atomic mass is 11.4. The maximum absolute atomic E-state index is 10.0. The highest BCUT2D eigenvalue weighted by Gasteiger charge is 1.91. The zero-order chi connectivity index (χ0) is 7.28. The Labute approximate surface area is 52.6 Å². The van der Waals surface area contributed by atoms with E-state index in [1.165, 1.54) is 14.1 Å². The Bertz CT molecular complexity index is 58.8. The van der Waals surface area contributed by atoms with Crippen LogP contribution in [0.15, 0.2) is 0 Å². The molecule has 56 valence electrons. The van der Waals surface area contributed by atoms with Crippen molar-refractivity contribution in [3.05, 3.63) is 10.4 Å². The highest BCUT2D eigenvalue weighted by molar-refractivity contribution is 3.88. The summed E-state index contributed by atoms with van der Waals surface area (Å²) in [6.07, 6.45) is 0. The maximum atomic E-state index is 10.0. The van der Waals surface area contributed by atoms with Gasteiger partial charge in [-0.15, -0.1) is 0 Å². The molecule has 0 aliphatic heterocycles. The molecule has 0 saturated carbocycles. The number of hydrogen-bond acceptors (Lipinski definition) is 4. The minimum atomic E-state index is -0.462. The summed E-state index contributed by atoms with van der Waals surface area (Å²) in [5.41, 5.74) is 0. The fourth-order valence-electron chi connectivity index (χ4n) is 0.195. The zero-order valence-corrected chi connectivity index (χ0v) is 5.34. The van der Waals surface area contributed by atoms with Gasteiger partial charge in [-0.1, -0.05) is 0 Å². The molecule has 0 aromatic heterocycles. The van der Waals surface area contributed by atoms with Crippen molar-refractivity contribution in [2.75, 3.05) is 20.9 Å². The van der Waals surface area contributed by atoms with Crippen LogP contribution < -0.4 is 10.5 Å². The standard InChI is InChI=1S/C3H10N2O4/c1-4(6)8-3-9-5(2)7/h4-5H,3H2,1-2H3. The van der Waals surface area contributed by atoms with Crippen molar-refractivity contribution in [2.45, 2.75) is 0 Å². The van der Waals surface area contributed by atoms with Crippen LogP contribution in [0.3, 0.4) is 0 Å². The number of rotatable bonds is 4. The van der Waals surface area contributed by atoms with Crippen LogP contribution in [0.5, 0.6) is 0 Å². The van der Waals surface area contributed by atoms with Gasteiger partial charge in [-0.2, -0.15) is 9.68 Å². The first-order valence-corrected chi connectivity index (χ1v) is 2.39. The van der Waals surface area contributed by atoms with E-state index in [4.69, 9.17) is 0 Å². The van der Waals surface area contributed by atoms with E-state index in [2.05, 4.69) is 9.68 Å². The highest BCUT2D eigenvalue weighted by Crippen LogP contribution is 1.54. The number of hydrogen-bond donors (Lipinski definition) is 2. The normalized spacial score (nSPS) is 17.3. The molecule has 0 radical (unpaired) electrons. The third kappa shape index (κ3) is 7.76. The van der Waals surface area contributed by atoms with Crippen LogP contribution in [0.4, 0.5) is 0 Å². The fourth-order valence-corrected chi connectivity index (χ4v) is 0.195. The Morgan fingerprint density at radius 3 is 1.67 bits per heavy atom. The molecule has 2 atom stereocenters. The van der Waals surface area contributed by atoms with Crippen molar-refractivity contribution in [3.8, 4) is 0 Å². The molecule has 0 heterocycles. The summed E-state index contributed by atoms with van der Waals surface area (Å²) < 4.78 is 0. The molecule has 6 nitrogen and oxygen atoms in total. The Morgan fingerprint density at radius 1 is 1.11 bits per heavy atom. The predicted octanol–water partition coefficient (Wildman–Crippen LogP) is -3.17. The van der Waals surface area contributed by atoms with E-state index in [-0.39, 0.29) is 6.79 Å². The van der Waals surface area contributed by atoms with Crippen molar-refractivity contribution in [1.82, 2.24) is 0 Å². The van der Waals surface area contributed by atoms with Gasteiger partial charge in [0.1, 0.15) is 0 Å². The first-order valence-electron chi connectivity index (χ1n) is 2.39. The SMILES string of the molecule is C[NH+]([O-])OCO[NH+](C)[O-]. The number of hydroxylamine groups is 4. The largest absolute Gasteiger partial charge is 0.600 e. The van der Waals surface area contributed by atoms with E-state index in [0.717, 1.165) is 0 Å². The van der Waals surface area contributed by atoms with Gasteiger partial charge in [-0.05, 0) is 0 Å². The topological polar surface area (TPSA) is 73.5 Å². The fraction of sp³-hybridized carbons (Fsp3) is 1.00. The molecule has 0 amide bonds. The van der Waals surface area contributed by atoms with E-state index in [1.54, 1.807) is 0 Å². The number of quaternary nitrogens is 2. The summed E-state index contributed by atoms with van der Waals surface area (Å²) in [5, 5.41) is 19.1. The van der Waals surface area contributed by atoms with E-state index in [0.29, 0.717) is 0 Å². The van der Waals surface area contributed by atoms with E-state index in [1.807, 2.05) is 0 Å². The Morgan fingerprint density at radius 2 is 1.44 bits per heavy atom. The Balaban J connectivity index is 2.91. The van der Waals surface area contributed by atoms with E-state index in [9.17, 15) is 10.4 Å². The van der Waals surface area contributed by atoms with Gasteiger partial charge in [0.15, 0.2) is 0 Å².